The molecule has 4 aromatic carbocycles. The molecule has 0 amide bonds. The molecule has 0 fully saturated rings. The molecule has 2 aliphatic carbocycles. The van der Waals surface area contributed by atoms with Crippen LogP contribution in [0.2, 0.25) is 20.1 Å². The van der Waals surface area contributed by atoms with Crippen molar-refractivity contribution < 1.29 is 9.59 Å². The first-order valence-corrected chi connectivity index (χ1v) is 17.8. The molecule has 9 heteroatoms. The van der Waals surface area contributed by atoms with E-state index < -0.39 is 4.32 Å². The maximum absolute atomic E-state index is 13.1. The fraction of sp³-hybridized carbons (Fsp3) is 0.211. The Morgan fingerprint density at radius 3 is 1.79 bits per heavy atom. The molecule has 0 spiro atoms. The summed E-state index contributed by atoms with van der Waals surface area (Å²) in [5.74, 6) is 0.318. The van der Waals surface area contributed by atoms with E-state index in [0.717, 1.165) is 76.3 Å². The van der Waals surface area contributed by atoms with E-state index in [9.17, 15) is 9.59 Å². The summed E-state index contributed by atoms with van der Waals surface area (Å²) in [5, 5.41) is 4.04. The molecular weight excluding hydrogens is 738 g/mol. The molecule has 2 aromatic heterocycles. The lowest BCUT2D eigenvalue weighted by molar-refractivity contribution is 0.0895. The highest BCUT2D eigenvalue weighted by atomic mass is 79.9. The van der Waals surface area contributed by atoms with Crippen molar-refractivity contribution in [1.29, 1.82) is 0 Å². The molecule has 2 N–H and O–H groups in total. The quantitative estimate of drug-likeness (QED) is 0.176. The summed E-state index contributed by atoms with van der Waals surface area (Å²) >= 11 is 28.2. The molecule has 238 valence electrons. The number of halogens is 5. The average Bonchev–Trinajstić information content (AvgIpc) is 3.60. The van der Waals surface area contributed by atoms with E-state index >= 15 is 0 Å². The minimum absolute atomic E-state index is 0.0314. The van der Waals surface area contributed by atoms with Crippen molar-refractivity contribution in [3.8, 4) is 0 Å². The van der Waals surface area contributed by atoms with Crippen molar-refractivity contribution in [3.05, 3.63) is 139 Å². The third-order valence-corrected chi connectivity index (χ3v) is 11.8. The zero-order chi connectivity index (χ0) is 32.9. The SMILES string of the molecule is O=C1c2[nH]c3cc(Cl)c(Cl)cc3c2CCC1(Br)Cc1ccccc1.O=C1c2[nH]c3cc(Cl)c(Cl)cc3c2CCC1Cc1ccccc1. The van der Waals surface area contributed by atoms with E-state index in [0.29, 0.717) is 32.2 Å². The smallest absolute Gasteiger partial charge is 0.196 e. The van der Waals surface area contributed by atoms with Gasteiger partial charge in [0, 0.05) is 27.7 Å². The van der Waals surface area contributed by atoms with Crippen LogP contribution in [0.1, 0.15) is 56.1 Å². The molecule has 2 unspecified atom stereocenters. The summed E-state index contributed by atoms with van der Waals surface area (Å²) in [5.41, 5.74) is 7.61. The van der Waals surface area contributed by atoms with Crippen LogP contribution in [0.15, 0.2) is 84.9 Å². The van der Waals surface area contributed by atoms with Crippen molar-refractivity contribution in [2.45, 2.75) is 42.8 Å². The van der Waals surface area contributed by atoms with E-state index in [1.807, 2.05) is 48.5 Å². The van der Waals surface area contributed by atoms with Crippen LogP contribution in [-0.2, 0) is 25.7 Å². The van der Waals surface area contributed by atoms with Crippen molar-refractivity contribution in [2.75, 3.05) is 0 Å². The number of ketones is 2. The van der Waals surface area contributed by atoms with Gasteiger partial charge in [0.1, 0.15) is 0 Å². The highest BCUT2D eigenvalue weighted by Crippen LogP contribution is 2.42. The number of hydrogen-bond acceptors (Lipinski definition) is 2. The zero-order valence-electron chi connectivity index (χ0n) is 25.1. The van der Waals surface area contributed by atoms with E-state index in [2.05, 4.69) is 50.2 Å². The first-order chi connectivity index (χ1) is 22.6. The van der Waals surface area contributed by atoms with Crippen LogP contribution in [0.4, 0.5) is 0 Å². The first-order valence-electron chi connectivity index (χ1n) is 15.5. The Labute approximate surface area is 300 Å². The first kappa shape index (κ1) is 32.5. The number of rotatable bonds is 4. The summed E-state index contributed by atoms with van der Waals surface area (Å²) in [4.78, 5) is 32.5. The topological polar surface area (TPSA) is 65.7 Å². The number of alkyl halides is 1. The minimum atomic E-state index is -0.574. The lowest BCUT2D eigenvalue weighted by Crippen LogP contribution is -2.39. The van der Waals surface area contributed by atoms with Gasteiger partial charge in [0.2, 0.25) is 0 Å². The Kier molecular flexibility index (Phi) is 9.05. The van der Waals surface area contributed by atoms with Gasteiger partial charge in [-0.1, -0.05) is 123 Å². The standard InChI is InChI=1S/C19H14BrCl2NO.C19H15Cl2NO/c20-19(10-11-4-2-1-3-5-11)7-6-12-13-8-14(21)15(22)9-16(13)23-17(12)18(19)24;20-15-9-14-13-7-6-12(8-11-4-2-1-3-5-11)19(23)18(13)22-17(14)10-16(15)21/h1-5,8-9,23H,6-7,10H2;1-5,9-10,12,22H,6-8H2. The number of aryl methyl sites for hydroxylation is 2. The van der Waals surface area contributed by atoms with Crippen LogP contribution in [-0.4, -0.2) is 25.9 Å². The van der Waals surface area contributed by atoms with E-state index in [4.69, 9.17) is 46.4 Å². The zero-order valence-corrected chi connectivity index (χ0v) is 29.7. The summed E-state index contributed by atoms with van der Waals surface area (Å²) < 4.78 is -0.574. The van der Waals surface area contributed by atoms with Crippen molar-refractivity contribution in [2.24, 2.45) is 5.92 Å². The fourth-order valence-electron chi connectivity index (χ4n) is 6.91. The number of hydrogen-bond donors (Lipinski definition) is 2. The molecule has 0 radical (unpaired) electrons. The lowest BCUT2D eigenvalue weighted by Gasteiger charge is -2.30. The van der Waals surface area contributed by atoms with Crippen LogP contribution >= 0.6 is 62.3 Å². The van der Waals surface area contributed by atoms with Gasteiger partial charge in [-0.25, -0.2) is 0 Å². The van der Waals surface area contributed by atoms with Gasteiger partial charge < -0.3 is 9.97 Å². The second kappa shape index (κ2) is 13.1. The number of H-pyrrole nitrogens is 2. The summed E-state index contributed by atoms with van der Waals surface area (Å²) in [6, 6.07) is 27.6. The Bertz CT molecular complexity index is 2160. The molecule has 2 atom stereocenters. The summed E-state index contributed by atoms with van der Waals surface area (Å²) in [6.07, 6.45) is 4.78. The van der Waals surface area contributed by atoms with Gasteiger partial charge in [0.05, 0.1) is 35.8 Å². The van der Waals surface area contributed by atoms with Crippen LogP contribution in [0, 0.1) is 5.92 Å². The number of aromatic amines is 2. The number of nitrogens with one attached hydrogen (secondary N) is 2. The van der Waals surface area contributed by atoms with E-state index in [-0.39, 0.29) is 17.5 Å². The molecule has 2 heterocycles. The second-order valence-corrected chi connectivity index (χ2v) is 15.5. The molecule has 0 saturated carbocycles. The maximum Gasteiger partial charge on any atom is 0.196 e. The fourth-order valence-corrected chi connectivity index (χ4v) is 8.28. The van der Waals surface area contributed by atoms with Gasteiger partial charge in [0.15, 0.2) is 11.6 Å². The number of carbonyl (C=O) groups excluding carboxylic acids is 2. The number of fused-ring (bicyclic) bond motifs is 6. The number of aromatic nitrogens is 2. The van der Waals surface area contributed by atoms with Crippen LogP contribution in [0.3, 0.4) is 0 Å². The lowest BCUT2D eigenvalue weighted by atomic mass is 9.82. The predicted octanol–water partition coefficient (Wildman–Crippen LogP) is 11.4. The van der Waals surface area contributed by atoms with Crippen molar-refractivity contribution >= 4 is 95.7 Å². The van der Waals surface area contributed by atoms with Gasteiger partial charge in [-0.05, 0) is 85.0 Å². The maximum atomic E-state index is 13.1. The van der Waals surface area contributed by atoms with E-state index in [1.54, 1.807) is 12.1 Å². The highest BCUT2D eigenvalue weighted by molar-refractivity contribution is 9.10. The van der Waals surface area contributed by atoms with Crippen LogP contribution in [0.5, 0.6) is 0 Å². The highest BCUT2D eigenvalue weighted by Gasteiger charge is 2.42. The van der Waals surface area contributed by atoms with Crippen LogP contribution < -0.4 is 0 Å². The largest absolute Gasteiger partial charge is 0.352 e. The molecule has 6 aromatic rings. The molecule has 0 saturated heterocycles. The third-order valence-electron chi connectivity index (χ3n) is 9.31. The Balaban J connectivity index is 0.000000150. The number of carbonyl (C=O) groups is 2. The Hall–Kier alpha value is -3.06. The van der Waals surface area contributed by atoms with Gasteiger partial charge in [-0.3, -0.25) is 9.59 Å². The third kappa shape index (κ3) is 6.29. The second-order valence-electron chi connectivity index (χ2n) is 12.3. The normalized spacial score (nSPS) is 19.0. The Morgan fingerprint density at radius 2 is 1.19 bits per heavy atom. The number of benzene rings is 4. The molecule has 2 aliphatic rings. The molecule has 47 heavy (non-hydrogen) atoms. The number of Topliss-reactive ketones (excluding diaryl/α,β-unsaturated/α-hetero) is 2. The molecule has 0 bridgehead atoms. The summed E-state index contributed by atoms with van der Waals surface area (Å²) in [6.45, 7) is 0. The van der Waals surface area contributed by atoms with Crippen LogP contribution in [0.25, 0.3) is 21.8 Å². The Morgan fingerprint density at radius 1 is 0.681 bits per heavy atom. The van der Waals surface area contributed by atoms with E-state index in [1.165, 1.54) is 5.56 Å². The van der Waals surface area contributed by atoms with Crippen molar-refractivity contribution in [1.82, 2.24) is 9.97 Å². The van der Waals surface area contributed by atoms with Crippen molar-refractivity contribution in [3.63, 3.8) is 0 Å². The molecule has 8 rings (SSSR count). The average molecular weight is 767 g/mol. The van der Waals surface area contributed by atoms with Gasteiger partial charge >= 0.3 is 0 Å². The van der Waals surface area contributed by atoms with Gasteiger partial charge in [-0.2, -0.15) is 0 Å². The molecular formula is C38H29BrCl4N2O2. The monoisotopic (exact) mass is 764 g/mol. The van der Waals surface area contributed by atoms with Gasteiger partial charge in [0.25, 0.3) is 0 Å². The predicted molar refractivity (Wildman–Crippen MR) is 197 cm³/mol. The molecule has 0 aliphatic heterocycles. The summed E-state index contributed by atoms with van der Waals surface area (Å²) in [7, 11) is 0. The van der Waals surface area contributed by atoms with Gasteiger partial charge in [-0.15, -0.1) is 0 Å². The minimum Gasteiger partial charge on any atom is -0.352 e. The molecule has 4 nitrogen and oxygen atoms in total.